The Kier molecular flexibility index (Phi) is 3.35. The van der Waals surface area contributed by atoms with Gasteiger partial charge in [-0.15, -0.1) is 0 Å². The molecule has 1 fully saturated rings. The number of aromatic nitrogens is 2. The third-order valence-corrected chi connectivity index (χ3v) is 3.76. The zero-order chi connectivity index (χ0) is 14.3. The quantitative estimate of drug-likeness (QED) is 0.772. The molecule has 110 valence electrons. The molecule has 1 saturated heterocycles. The van der Waals surface area contributed by atoms with Crippen LogP contribution in [0, 0.1) is 0 Å². The second-order valence-electron chi connectivity index (χ2n) is 4.60. The highest BCUT2D eigenvalue weighted by atomic mass is 35.5. The number of halogens is 1. The highest BCUT2D eigenvalue weighted by Crippen LogP contribution is 2.39. The third kappa shape index (κ3) is 2.60. The lowest BCUT2D eigenvalue weighted by Gasteiger charge is -2.40. The number of nitrogens with one attached hydrogen (secondary N) is 1. The highest BCUT2D eigenvalue weighted by molar-refractivity contribution is 7.92. The van der Waals surface area contributed by atoms with Crippen molar-refractivity contribution in [1.29, 1.82) is 0 Å². The minimum atomic E-state index is -3.48. The van der Waals surface area contributed by atoms with Crippen molar-refractivity contribution < 1.29 is 17.9 Å². The van der Waals surface area contributed by atoms with E-state index in [1.807, 2.05) is 4.90 Å². The number of nitrogens with zero attached hydrogens (tertiary/aromatic N) is 3. The van der Waals surface area contributed by atoms with Crippen LogP contribution in [0.1, 0.15) is 0 Å². The van der Waals surface area contributed by atoms with Crippen LogP contribution in [0.2, 0.25) is 5.28 Å². The first kappa shape index (κ1) is 13.7. The summed E-state index contributed by atoms with van der Waals surface area (Å²) in [6.07, 6.45) is 1.04. The molecule has 0 saturated carbocycles. The van der Waals surface area contributed by atoms with Gasteiger partial charge in [0.25, 0.3) is 0 Å². The fraction of sp³-hybridized carbons (Fsp3) is 0.600. The van der Waals surface area contributed by atoms with Crippen molar-refractivity contribution in [3.05, 3.63) is 5.28 Å². The summed E-state index contributed by atoms with van der Waals surface area (Å²) in [6, 6.07) is 0.0494. The number of fused-ring (bicyclic) bond motifs is 3. The lowest BCUT2D eigenvalue weighted by Crippen LogP contribution is -2.51. The molecule has 2 aliphatic heterocycles. The Bertz CT molecular complexity index is 638. The molecule has 1 aromatic rings. The molecule has 0 aromatic carbocycles. The predicted octanol–water partition coefficient (Wildman–Crippen LogP) is 0.0991. The predicted molar refractivity (Wildman–Crippen MR) is 73.0 cm³/mol. The molecular formula is C10H13ClN4O4S. The summed E-state index contributed by atoms with van der Waals surface area (Å²) in [4.78, 5) is 10.0. The minimum absolute atomic E-state index is 0.0364. The maximum atomic E-state index is 11.4. The summed E-state index contributed by atoms with van der Waals surface area (Å²) in [5.74, 6) is 0.862. The number of hydrogen-bond donors (Lipinski definition) is 1. The normalized spacial score (nSPS) is 21.7. The van der Waals surface area contributed by atoms with E-state index >= 15 is 0 Å². The lowest BCUT2D eigenvalue weighted by atomic mass is 10.2. The summed E-state index contributed by atoms with van der Waals surface area (Å²) in [7, 11) is -3.48. The molecule has 3 rings (SSSR count). The SMILES string of the molecule is CS(=O)(=O)Nc1nc(Cl)nc2c1OCC1COCCN21. The maximum Gasteiger partial charge on any atom is 0.231 e. The van der Waals surface area contributed by atoms with E-state index in [2.05, 4.69) is 14.7 Å². The third-order valence-electron chi connectivity index (χ3n) is 3.02. The van der Waals surface area contributed by atoms with Gasteiger partial charge in [-0.3, -0.25) is 4.72 Å². The minimum Gasteiger partial charge on any atom is -0.484 e. The van der Waals surface area contributed by atoms with Gasteiger partial charge in [-0.05, 0) is 11.6 Å². The summed E-state index contributed by atoms with van der Waals surface area (Å²) < 4.78 is 36.0. The Labute approximate surface area is 121 Å². The van der Waals surface area contributed by atoms with Crippen LogP contribution in [0.4, 0.5) is 11.6 Å². The Morgan fingerprint density at radius 2 is 2.20 bits per heavy atom. The van der Waals surface area contributed by atoms with Gasteiger partial charge in [-0.25, -0.2) is 8.42 Å². The van der Waals surface area contributed by atoms with Crippen molar-refractivity contribution in [2.75, 3.05) is 42.2 Å². The standard InChI is InChI=1S/C10H13ClN4O4S/c1-20(16,17)14-8-7-9(13-10(11)12-8)15-2-3-18-4-6(15)5-19-7/h6H,2-5H2,1H3,(H,12,13,14). The zero-order valence-corrected chi connectivity index (χ0v) is 12.2. The molecule has 1 unspecified atom stereocenters. The molecule has 0 aliphatic carbocycles. The Hall–Kier alpha value is -1.32. The number of anilines is 2. The maximum absolute atomic E-state index is 11.4. The Morgan fingerprint density at radius 1 is 1.40 bits per heavy atom. The molecule has 0 radical (unpaired) electrons. The average molecular weight is 321 g/mol. The van der Waals surface area contributed by atoms with E-state index in [9.17, 15) is 8.42 Å². The Balaban J connectivity index is 2.05. The van der Waals surface area contributed by atoms with Crippen LogP contribution >= 0.6 is 11.6 Å². The second-order valence-corrected chi connectivity index (χ2v) is 6.69. The molecule has 20 heavy (non-hydrogen) atoms. The molecular weight excluding hydrogens is 308 g/mol. The van der Waals surface area contributed by atoms with E-state index in [-0.39, 0.29) is 17.1 Å². The number of rotatable bonds is 2. The van der Waals surface area contributed by atoms with Gasteiger partial charge in [-0.1, -0.05) is 0 Å². The largest absolute Gasteiger partial charge is 0.484 e. The van der Waals surface area contributed by atoms with Crippen molar-refractivity contribution in [3.8, 4) is 5.75 Å². The van der Waals surface area contributed by atoms with Crippen LogP contribution in [-0.4, -0.2) is 57.0 Å². The molecule has 1 aromatic heterocycles. The van der Waals surface area contributed by atoms with Crippen LogP contribution in [0.15, 0.2) is 0 Å². The van der Waals surface area contributed by atoms with Crippen LogP contribution in [0.3, 0.4) is 0 Å². The number of morpholine rings is 1. The number of sulfonamides is 1. The summed E-state index contributed by atoms with van der Waals surface area (Å²) in [5.41, 5.74) is 0. The average Bonchev–Trinajstić information content (AvgIpc) is 2.36. The highest BCUT2D eigenvalue weighted by Gasteiger charge is 2.34. The molecule has 2 aliphatic rings. The summed E-state index contributed by atoms with van der Waals surface area (Å²) >= 11 is 5.87. The van der Waals surface area contributed by atoms with Gasteiger partial charge >= 0.3 is 0 Å². The molecule has 10 heteroatoms. The van der Waals surface area contributed by atoms with E-state index in [4.69, 9.17) is 21.1 Å². The van der Waals surface area contributed by atoms with Crippen molar-refractivity contribution in [3.63, 3.8) is 0 Å². The molecule has 0 spiro atoms. The van der Waals surface area contributed by atoms with Crippen molar-refractivity contribution in [2.24, 2.45) is 0 Å². The molecule has 1 atom stereocenters. The van der Waals surface area contributed by atoms with Crippen LogP contribution < -0.4 is 14.4 Å². The fourth-order valence-electron chi connectivity index (χ4n) is 2.24. The summed E-state index contributed by atoms with van der Waals surface area (Å²) in [6.45, 7) is 2.14. The van der Waals surface area contributed by atoms with Crippen LogP contribution in [0.25, 0.3) is 0 Å². The smallest absolute Gasteiger partial charge is 0.231 e. The first-order chi connectivity index (χ1) is 9.44. The second kappa shape index (κ2) is 4.90. The van der Waals surface area contributed by atoms with Gasteiger partial charge in [0, 0.05) is 6.54 Å². The van der Waals surface area contributed by atoms with Gasteiger partial charge in [0.15, 0.2) is 11.6 Å². The van der Waals surface area contributed by atoms with E-state index in [0.29, 0.717) is 37.9 Å². The first-order valence-electron chi connectivity index (χ1n) is 5.96. The van der Waals surface area contributed by atoms with E-state index in [1.165, 1.54) is 0 Å². The van der Waals surface area contributed by atoms with E-state index < -0.39 is 10.0 Å². The van der Waals surface area contributed by atoms with E-state index in [1.54, 1.807) is 0 Å². The first-order valence-corrected chi connectivity index (χ1v) is 8.23. The van der Waals surface area contributed by atoms with Crippen molar-refractivity contribution in [2.45, 2.75) is 6.04 Å². The van der Waals surface area contributed by atoms with Gasteiger partial charge in [0.1, 0.15) is 6.61 Å². The van der Waals surface area contributed by atoms with Gasteiger partial charge in [0.2, 0.25) is 21.1 Å². The van der Waals surface area contributed by atoms with Gasteiger partial charge in [-0.2, -0.15) is 9.97 Å². The molecule has 0 amide bonds. The topological polar surface area (TPSA) is 93.7 Å². The Morgan fingerprint density at radius 3 is 2.95 bits per heavy atom. The molecule has 1 N–H and O–H groups in total. The number of hydrogen-bond acceptors (Lipinski definition) is 7. The van der Waals surface area contributed by atoms with Crippen molar-refractivity contribution >= 4 is 33.3 Å². The molecule has 3 heterocycles. The van der Waals surface area contributed by atoms with Crippen molar-refractivity contribution in [1.82, 2.24) is 9.97 Å². The van der Waals surface area contributed by atoms with Crippen LogP contribution in [-0.2, 0) is 14.8 Å². The lowest BCUT2D eigenvalue weighted by molar-refractivity contribution is 0.0698. The monoisotopic (exact) mass is 320 g/mol. The van der Waals surface area contributed by atoms with Crippen LogP contribution in [0.5, 0.6) is 5.75 Å². The molecule has 0 bridgehead atoms. The molecule has 8 nitrogen and oxygen atoms in total. The zero-order valence-electron chi connectivity index (χ0n) is 10.7. The summed E-state index contributed by atoms with van der Waals surface area (Å²) in [5, 5.41) is -0.0364. The van der Waals surface area contributed by atoms with E-state index in [0.717, 1.165) is 6.26 Å². The number of ether oxygens (including phenoxy) is 2. The van der Waals surface area contributed by atoms with Gasteiger partial charge < -0.3 is 14.4 Å². The fourth-order valence-corrected chi connectivity index (χ4v) is 2.89. The van der Waals surface area contributed by atoms with Gasteiger partial charge in [0.05, 0.1) is 25.5 Å².